The van der Waals surface area contributed by atoms with Crippen LogP contribution in [0.4, 0.5) is 4.79 Å². The summed E-state index contributed by atoms with van der Waals surface area (Å²) in [6.45, 7) is 1.21. The van der Waals surface area contributed by atoms with Crippen LogP contribution in [-0.2, 0) is 11.2 Å². The maximum Gasteiger partial charge on any atom is 0.409 e. The third-order valence-electron chi connectivity index (χ3n) is 6.45. The van der Waals surface area contributed by atoms with E-state index in [2.05, 4.69) is 53.7 Å². The number of hydrogen-bond donors (Lipinski definition) is 1. The molecule has 1 amide bonds. The Bertz CT molecular complexity index is 1010. The molecule has 0 radical (unpaired) electrons. The molecule has 2 heterocycles. The van der Waals surface area contributed by atoms with Gasteiger partial charge in [0.25, 0.3) is 5.56 Å². The van der Waals surface area contributed by atoms with Gasteiger partial charge in [0, 0.05) is 24.9 Å². The fourth-order valence-electron chi connectivity index (χ4n) is 4.74. The Hall–Kier alpha value is -3.28. The zero-order chi connectivity index (χ0) is 22.3. The van der Waals surface area contributed by atoms with Crippen molar-refractivity contribution in [3.8, 4) is 0 Å². The molecule has 1 aromatic heterocycles. The first kappa shape index (κ1) is 21.9. The second-order valence-corrected chi connectivity index (χ2v) is 8.37. The molecule has 1 fully saturated rings. The van der Waals surface area contributed by atoms with Crippen molar-refractivity contribution in [1.82, 2.24) is 10.1 Å². The van der Waals surface area contributed by atoms with Crippen molar-refractivity contribution < 1.29 is 14.1 Å². The van der Waals surface area contributed by atoms with Gasteiger partial charge in [0.15, 0.2) is 0 Å². The number of benzene rings is 2. The number of amides is 1. The number of methoxy groups -OCH3 is 1. The first-order valence-corrected chi connectivity index (χ1v) is 11.3. The average molecular weight is 435 g/mol. The van der Waals surface area contributed by atoms with Crippen LogP contribution in [0.15, 0.2) is 70.0 Å². The van der Waals surface area contributed by atoms with Gasteiger partial charge in [-0.1, -0.05) is 60.7 Å². The second-order valence-electron chi connectivity index (χ2n) is 8.37. The Morgan fingerprint density at radius 2 is 1.66 bits per heavy atom. The number of likely N-dealkylation sites (tertiary alicyclic amines) is 1. The number of aromatic amines is 1. The van der Waals surface area contributed by atoms with E-state index >= 15 is 0 Å². The number of aromatic nitrogens is 1. The van der Waals surface area contributed by atoms with Gasteiger partial charge in [-0.05, 0) is 43.2 Å². The van der Waals surface area contributed by atoms with E-state index in [9.17, 15) is 9.59 Å². The number of carbonyl (C=O) groups is 1. The summed E-state index contributed by atoms with van der Waals surface area (Å²) in [5.74, 6) is 1.19. The summed E-state index contributed by atoms with van der Waals surface area (Å²) in [4.78, 5) is 25.9. The predicted molar refractivity (Wildman–Crippen MR) is 123 cm³/mol. The number of ether oxygens (including phenoxy) is 1. The van der Waals surface area contributed by atoms with Crippen molar-refractivity contribution in [3.63, 3.8) is 0 Å². The molecule has 0 bridgehead atoms. The van der Waals surface area contributed by atoms with Crippen LogP contribution in [0, 0.1) is 0 Å². The van der Waals surface area contributed by atoms with E-state index in [0.29, 0.717) is 19.5 Å². The normalized spacial score (nSPS) is 14.6. The van der Waals surface area contributed by atoms with Gasteiger partial charge >= 0.3 is 6.09 Å². The van der Waals surface area contributed by atoms with Crippen LogP contribution in [-0.4, -0.2) is 36.3 Å². The van der Waals surface area contributed by atoms with E-state index in [1.165, 1.54) is 18.2 Å². The van der Waals surface area contributed by atoms with Gasteiger partial charge in [-0.2, -0.15) is 5.16 Å². The van der Waals surface area contributed by atoms with E-state index in [1.54, 1.807) is 4.90 Å². The molecule has 168 valence electrons. The van der Waals surface area contributed by atoms with Gasteiger partial charge < -0.3 is 14.2 Å². The summed E-state index contributed by atoms with van der Waals surface area (Å²) in [7, 11) is 1.40. The molecule has 0 atom stereocenters. The lowest BCUT2D eigenvalue weighted by atomic mass is 9.86. The molecule has 1 N–H and O–H groups in total. The standard InChI is InChI=1S/C26H30N2O4/c1-31-26(30)28-17-15-21(16-18-28)24-23(25(29)27-32-24)14-8-13-22(19-9-4-2-5-10-19)20-11-6-3-7-12-20/h2-7,9-12,21-22H,8,13-18H2,1H3,(H,27,29). The molecule has 1 aliphatic heterocycles. The van der Waals surface area contributed by atoms with Crippen molar-refractivity contribution >= 4 is 6.09 Å². The van der Waals surface area contributed by atoms with E-state index in [1.807, 2.05) is 12.1 Å². The molecule has 0 spiro atoms. The molecule has 0 aliphatic carbocycles. The number of H-pyrrole nitrogens is 1. The van der Waals surface area contributed by atoms with Crippen LogP contribution < -0.4 is 5.56 Å². The molecule has 1 saturated heterocycles. The first-order chi connectivity index (χ1) is 15.7. The third kappa shape index (κ3) is 4.96. The Morgan fingerprint density at radius 1 is 1.06 bits per heavy atom. The molecular weight excluding hydrogens is 404 g/mol. The van der Waals surface area contributed by atoms with Gasteiger partial charge in [-0.3, -0.25) is 4.79 Å². The van der Waals surface area contributed by atoms with E-state index in [0.717, 1.165) is 37.0 Å². The van der Waals surface area contributed by atoms with E-state index < -0.39 is 0 Å². The van der Waals surface area contributed by atoms with Crippen LogP contribution >= 0.6 is 0 Å². The fraction of sp³-hybridized carbons (Fsp3) is 0.385. The molecule has 1 aliphatic rings. The number of nitrogens with zero attached hydrogens (tertiary/aromatic N) is 1. The molecule has 3 aromatic rings. The molecule has 0 unspecified atom stereocenters. The number of piperidine rings is 1. The lowest BCUT2D eigenvalue weighted by molar-refractivity contribution is 0.110. The van der Waals surface area contributed by atoms with Crippen molar-refractivity contribution in [2.45, 2.75) is 43.9 Å². The number of carbonyl (C=O) groups excluding carboxylic acids is 1. The fourth-order valence-corrected chi connectivity index (χ4v) is 4.74. The first-order valence-electron chi connectivity index (χ1n) is 11.3. The summed E-state index contributed by atoms with van der Waals surface area (Å²) < 4.78 is 10.4. The molecule has 32 heavy (non-hydrogen) atoms. The zero-order valence-corrected chi connectivity index (χ0v) is 18.5. The van der Waals surface area contributed by atoms with Gasteiger partial charge in [0.2, 0.25) is 0 Å². The van der Waals surface area contributed by atoms with Crippen LogP contribution in [0.2, 0.25) is 0 Å². The molecule has 4 rings (SSSR count). The minimum Gasteiger partial charge on any atom is -0.453 e. The largest absolute Gasteiger partial charge is 0.453 e. The average Bonchev–Trinajstić information content (AvgIpc) is 3.22. The quantitative estimate of drug-likeness (QED) is 0.563. The van der Waals surface area contributed by atoms with Crippen LogP contribution in [0.3, 0.4) is 0 Å². The Labute approximate surface area is 188 Å². The van der Waals surface area contributed by atoms with Gasteiger partial charge in [-0.25, -0.2) is 4.79 Å². The smallest absolute Gasteiger partial charge is 0.409 e. The predicted octanol–water partition coefficient (Wildman–Crippen LogP) is 5.07. The van der Waals surface area contributed by atoms with Crippen molar-refractivity contribution in [1.29, 1.82) is 0 Å². The highest BCUT2D eigenvalue weighted by atomic mass is 16.5. The molecule has 6 nitrogen and oxygen atoms in total. The highest BCUT2D eigenvalue weighted by Crippen LogP contribution is 2.32. The van der Waals surface area contributed by atoms with Crippen molar-refractivity contribution in [3.05, 3.63) is 93.5 Å². The summed E-state index contributed by atoms with van der Waals surface area (Å²) >= 11 is 0. The topological polar surface area (TPSA) is 75.5 Å². The van der Waals surface area contributed by atoms with Crippen LogP contribution in [0.25, 0.3) is 0 Å². The summed E-state index contributed by atoms with van der Waals surface area (Å²) in [5, 5.41) is 2.55. The molecule has 0 saturated carbocycles. The maximum atomic E-state index is 12.5. The Balaban J connectivity index is 1.43. The highest BCUT2D eigenvalue weighted by Gasteiger charge is 2.29. The minimum absolute atomic E-state index is 0.133. The summed E-state index contributed by atoms with van der Waals surface area (Å²) in [5.41, 5.74) is 3.19. The highest BCUT2D eigenvalue weighted by molar-refractivity contribution is 5.67. The van der Waals surface area contributed by atoms with Crippen molar-refractivity contribution in [2.75, 3.05) is 20.2 Å². The van der Waals surface area contributed by atoms with Crippen molar-refractivity contribution in [2.24, 2.45) is 0 Å². The van der Waals surface area contributed by atoms with Crippen LogP contribution in [0.1, 0.15) is 60.0 Å². The van der Waals surface area contributed by atoms with Gasteiger partial charge in [0.1, 0.15) is 5.76 Å². The lowest BCUT2D eigenvalue weighted by Crippen LogP contribution is -2.37. The Morgan fingerprint density at radius 3 is 2.22 bits per heavy atom. The lowest BCUT2D eigenvalue weighted by Gasteiger charge is -2.30. The second kappa shape index (κ2) is 10.4. The monoisotopic (exact) mass is 434 g/mol. The SMILES string of the molecule is COC(=O)N1CCC(c2o[nH]c(=O)c2CCCC(c2ccccc2)c2ccccc2)CC1. The summed E-state index contributed by atoms with van der Waals surface area (Å²) in [6.07, 6.45) is 3.73. The molecular formula is C26H30N2O4. The minimum atomic E-state index is -0.299. The summed E-state index contributed by atoms with van der Waals surface area (Å²) in [6, 6.07) is 21.0. The van der Waals surface area contributed by atoms with Gasteiger partial charge in [0.05, 0.1) is 12.7 Å². The Kier molecular flexibility index (Phi) is 7.10. The van der Waals surface area contributed by atoms with E-state index in [4.69, 9.17) is 9.26 Å². The van der Waals surface area contributed by atoms with Crippen LogP contribution in [0.5, 0.6) is 0 Å². The molecule has 6 heteroatoms. The molecule has 2 aromatic carbocycles. The van der Waals surface area contributed by atoms with Gasteiger partial charge in [-0.15, -0.1) is 0 Å². The maximum absolute atomic E-state index is 12.5. The van der Waals surface area contributed by atoms with E-state index in [-0.39, 0.29) is 23.5 Å². The number of hydrogen-bond acceptors (Lipinski definition) is 4. The number of nitrogens with one attached hydrogen (secondary N) is 1. The zero-order valence-electron chi connectivity index (χ0n) is 18.5. The third-order valence-corrected chi connectivity index (χ3v) is 6.45. The number of rotatable bonds is 7.